The second-order valence-corrected chi connectivity index (χ2v) is 13.5. The highest BCUT2D eigenvalue weighted by molar-refractivity contribution is 8.24. The molecule has 0 radical (unpaired) electrons. The number of rotatable bonds is 0. The average Bonchev–Trinajstić information content (AvgIpc) is 2.71. The summed E-state index contributed by atoms with van der Waals surface area (Å²) in [5.74, 6) is -0.833. The number of carboxylic acid groups (broad SMARTS) is 1. The van der Waals surface area contributed by atoms with Gasteiger partial charge in [0.15, 0.2) is 6.20 Å². The van der Waals surface area contributed by atoms with Gasteiger partial charge in [0, 0.05) is 26.2 Å². The summed E-state index contributed by atoms with van der Waals surface area (Å²) in [7, 11) is 0. The van der Waals surface area contributed by atoms with Crippen LogP contribution in [-0.4, -0.2) is 36.0 Å². The molecule has 194 valence electrons. The first-order chi connectivity index (χ1) is 16.0. The molecule has 15 heteroatoms. The third-order valence-electron chi connectivity index (χ3n) is 3.61. The molecule has 0 aliphatic rings. The highest BCUT2D eigenvalue weighted by Crippen LogP contribution is 2.61. The van der Waals surface area contributed by atoms with Gasteiger partial charge in [-0.25, -0.2) is 9.97 Å². The Kier molecular flexibility index (Phi) is 18.2. The predicted octanol–water partition coefficient (Wildman–Crippen LogP) is 6.07. The van der Waals surface area contributed by atoms with Gasteiger partial charge in [0.2, 0.25) is 5.69 Å². The van der Waals surface area contributed by atoms with Gasteiger partial charge in [-0.15, -0.1) is 0 Å². The first-order valence-electron chi connectivity index (χ1n) is 9.55. The number of hydrogen-bond acceptors (Lipinski definition) is 8. The van der Waals surface area contributed by atoms with Crippen LogP contribution < -0.4 is 4.73 Å². The topological polar surface area (TPSA) is 146 Å². The maximum Gasteiger partial charge on any atom is 0.339 e. The summed E-state index contributed by atoms with van der Waals surface area (Å²) in [4.78, 5) is 28.9. The molecule has 3 aromatic heterocycles. The van der Waals surface area contributed by atoms with E-state index in [0.29, 0.717) is 10.8 Å². The summed E-state index contributed by atoms with van der Waals surface area (Å²) in [6, 6.07) is 0. The number of hydrogen-bond donors (Lipinski definition) is 1. The molecule has 0 amide bonds. The number of carboxylic acids is 1. The molecule has 0 saturated carbocycles. The van der Waals surface area contributed by atoms with Crippen molar-refractivity contribution in [3.63, 3.8) is 0 Å². The van der Waals surface area contributed by atoms with Crippen LogP contribution in [0.25, 0.3) is 0 Å². The van der Waals surface area contributed by atoms with Crippen LogP contribution in [-0.2, 0) is 9.36 Å². The smallest absolute Gasteiger partial charge is 0.339 e. The molecule has 10 nitrogen and oxygen atoms in total. The zero-order chi connectivity index (χ0) is 27.8. The third-order valence-corrected chi connectivity index (χ3v) is 3.80. The van der Waals surface area contributed by atoms with E-state index < -0.39 is 11.2 Å². The Morgan fingerprint density at radius 1 is 0.857 bits per heavy atom. The lowest BCUT2D eigenvalue weighted by Gasteiger charge is -1.99. The van der Waals surface area contributed by atoms with Crippen LogP contribution in [0.15, 0.2) is 31.0 Å². The number of aromatic nitrogens is 6. The summed E-state index contributed by atoms with van der Waals surface area (Å²) in [6.07, 6.45) is 7.83. The molecule has 1 N–H and O–H groups in total. The first kappa shape index (κ1) is 35.1. The maximum atomic E-state index is 10.7. The molecule has 0 spiro atoms. The van der Waals surface area contributed by atoms with Crippen molar-refractivity contribution in [3.05, 3.63) is 75.5 Å². The Hall–Kier alpha value is -2.10. The van der Waals surface area contributed by atoms with Crippen LogP contribution in [0.2, 0.25) is 5.15 Å². The molecular weight excluding hydrogens is 561 g/mol. The van der Waals surface area contributed by atoms with Crippen LogP contribution in [0.5, 0.6) is 0 Å². The van der Waals surface area contributed by atoms with Crippen LogP contribution in [0.4, 0.5) is 0 Å². The van der Waals surface area contributed by atoms with Crippen molar-refractivity contribution in [3.8, 4) is 0 Å². The van der Waals surface area contributed by atoms with E-state index in [1.807, 2.05) is 34.6 Å². The summed E-state index contributed by atoms with van der Waals surface area (Å²) in [6.45, 7) is 12.3. The van der Waals surface area contributed by atoms with Crippen molar-refractivity contribution in [1.82, 2.24) is 24.9 Å². The molecule has 35 heavy (non-hydrogen) atoms. The van der Waals surface area contributed by atoms with Crippen molar-refractivity contribution in [1.29, 1.82) is 0 Å². The fraction of sp³-hybridized carbons (Fsp3) is 0.350. The van der Waals surface area contributed by atoms with Crippen LogP contribution in [0, 0.1) is 46.7 Å². The Balaban J connectivity index is 0. The Morgan fingerprint density at radius 3 is 1.51 bits per heavy atom. The van der Waals surface area contributed by atoms with E-state index in [1.165, 1.54) is 12.4 Å². The molecule has 0 saturated heterocycles. The van der Waals surface area contributed by atoms with E-state index in [4.69, 9.17) is 21.5 Å². The Bertz CT molecular complexity index is 1070. The van der Waals surface area contributed by atoms with Crippen LogP contribution in [0.3, 0.4) is 0 Å². The van der Waals surface area contributed by atoms with Crippen LogP contribution in [0.1, 0.15) is 41.1 Å². The molecule has 0 atom stereocenters. The zero-order valence-electron chi connectivity index (χ0n) is 20.2. The monoisotopic (exact) mass is 586 g/mol. The Labute approximate surface area is 224 Å². The molecule has 0 aromatic carbocycles. The van der Waals surface area contributed by atoms with Gasteiger partial charge < -0.3 is 10.3 Å². The number of aryl methyl sites for hydroxylation is 5. The van der Waals surface area contributed by atoms with Gasteiger partial charge in [-0.05, 0) is 68.3 Å². The number of aliphatic carboxylic acids is 1. The highest BCUT2D eigenvalue weighted by Gasteiger charge is 2.03. The minimum Gasteiger partial charge on any atom is -0.618 e. The Morgan fingerprint density at radius 2 is 1.23 bits per heavy atom. The van der Waals surface area contributed by atoms with Crippen molar-refractivity contribution in [2.75, 3.05) is 0 Å². The van der Waals surface area contributed by atoms with Crippen molar-refractivity contribution >= 4 is 56.5 Å². The summed E-state index contributed by atoms with van der Waals surface area (Å²) >= 11 is 19.4. The number of nitrogens with zero attached hydrogens (tertiary/aromatic N) is 6. The molecule has 0 bridgehead atoms. The zero-order valence-corrected chi connectivity index (χ0v) is 24.1. The van der Waals surface area contributed by atoms with E-state index in [0.717, 1.165) is 40.1 Å². The average molecular weight is 588 g/mol. The van der Waals surface area contributed by atoms with E-state index in [9.17, 15) is 9.77 Å². The normalized spacial score (nSPS) is 9.46. The van der Waals surface area contributed by atoms with E-state index in [1.54, 1.807) is 25.5 Å². The molecular formula is C20H27Cl4N6O4P. The highest BCUT2D eigenvalue weighted by atomic mass is 36.0. The van der Waals surface area contributed by atoms with Crippen molar-refractivity contribution in [2.45, 2.75) is 48.5 Å². The van der Waals surface area contributed by atoms with Gasteiger partial charge >= 0.3 is 5.20 Å². The molecule has 0 unspecified atom stereocenters. The predicted molar refractivity (Wildman–Crippen MR) is 139 cm³/mol. The molecule has 3 rings (SSSR count). The second-order valence-electron chi connectivity index (χ2n) is 6.43. The SMILES string of the molecule is CC(=O)O.Cc1ncc(Cl)nc1C.Cc1ncc[n+]([O-])c1C.Cc1nccnc1C.O=P(Cl)(Cl)Cl. The summed E-state index contributed by atoms with van der Waals surface area (Å²) < 4.78 is 10.3. The summed E-state index contributed by atoms with van der Waals surface area (Å²) in [5, 5.41) is 15.4. The van der Waals surface area contributed by atoms with Crippen molar-refractivity contribution < 1.29 is 19.2 Å². The fourth-order valence-corrected chi connectivity index (χ4v) is 1.74. The molecule has 0 aliphatic heterocycles. The van der Waals surface area contributed by atoms with E-state index >= 15 is 0 Å². The molecule has 0 aliphatic carbocycles. The molecule has 0 fully saturated rings. The summed E-state index contributed by atoms with van der Waals surface area (Å²) in [5.41, 5.74) is 5.28. The van der Waals surface area contributed by atoms with Gasteiger partial charge in [0.25, 0.3) is 5.97 Å². The second kappa shape index (κ2) is 18.2. The lowest BCUT2D eigenvalue weighted by atomic mass is 10.4. The number of carbonyl (C=O) groups is 1. The third kappa shape index (κ3) is 22.1. The quantitative estimate of drug-likeness (QED) is 0.188. The van der Waals surface area contributed by atoms with Crippen LogP contribution >= 0.6 is 50.5 Å². The van der Waals surface area contributed by atoms with Gasteiger partial charge in [-0.3, -0.25) is 24.3 Å². The lowest BCUT2D eigenvalue weighted by Crippen LogP contribution is -2.30. The maximum absolute atomic E-state index is 10.7. The van der Waals surface area contributed by atoms with Gasteiger partial charge in [0.05, 0.1) is 35.2 Å². The van der Waals surface area contributed by atoms with Crippen molar-refractivity contribution in [2.24, 2.45) is 0 Å². The number of halogens is 4. The largest absolute Gasteiger partial charge is 0.618 e. The van der Waals surface area contributed by atoms with Gasteiger partial charge in [0.1, 0.15) is 10.8 Å². The van der Waals surface area contributed by atoms with Gasteiger partial charge in [-0.1, -0.05) is 11.6 Å². The first-order valence-corrected chi connectivity index (χ1v) is 14.4. The standard InChI is InChI=1S/C6H7ClN2.C6H8N2O.C6H8N2.C2H4O2.Cl3OP/c1-4-5(2)9-6(7)3-8-4;1-5-6(2)8(9)4-3-7-5;1-5-6(2)8-4-3-7-5;1-2(3)4;1-5(2,3)4/h3H,1-2H3;3-4H,1-2H3;3-4H,1-2H3;1H3,(H,3,4);. The van der Waals surface area contributed by atoms with E-state index in [2.05, 4.69) is 58.6 Å². The van der Waals surface area contributed by atoms with E-state index in [-0.39, 0.29) is 0 Å². The minimum absolute atomic E-state index is 0.457. The molecule has 3 heterocycles. The van der Waals surface area contributed by atoms with Gasteiger partial charge in [-0.2, -0.15) is 4.73 Å². The fourth-order valence-electron chi connectivity index (χ4n) is 1.56. The molecule has 3 aromatic rings. The minimum atomic E-state index is -3.22. The lowest BCUT2D eigenvalue weighted by molar-refractivity contribution is -0.613.